The predicted octanol–water partition coefficient (Wildman–Crippen LogP) is 2.94. The van der Waals surface area contributed by atoms with Crippen LogP contribution in [-0.2, 0) is 11.8 Å². The van der Waals surface area contributed by atoms with Crippen molar-refractivity contribution in [3.63, 3.8) is 0 Å². The minimum atomic E-state index is -0.457. The summed E-state index contributed by atoms with van der Waals surface area (Å²) in [5.74, 6) is 1.13. The molecule has 0 aliphatic heterocycles. The van der Waals surface area contributed by atoms with E-state index in [-0.39, 0.29) is 17.8 Å². The highest BCUT2D eigenvalue weighted by atomic mass is 32.2. The Hall–Kier alpha value is -1.89. The molecule has 0 bridgehead atoms. The molecule has 1 aromatic heterocycles. The predicted molar refractivity (Wildman–Crippen MR) is 89.1 cm³/mol. The van der Waals surface area contributed by atoms with Gasteiger partial charge in [-0.1, -0.05) is 23.9 Å². The van der Waals surface area contributed by atoms with Crippen LogP contribution < -0.4 is 5.32 Å². The third-order valence-electron chi connectivity index (χ3n) is 4.37. The molecule has 0 spiro atoms. The SMILES string of the molecule is Cn1c(SC(C(=O)NC2CC2)c2ccc(F)cc2)nnc1C1CC1. The standard InChI is InChI=1S/C17H19FN4OS/c1-22-15(11-2-3-11)20-21-17(22)24-14(16(23)19-13-8-9-13)10-4-6-12(18)7-5-10/h4-7,11,13-14H,2-3,8-9H2,1H3,(H,19,23). The number of halogens is 1. The number of amides is 1. The number of nitrogens with one attached hydrogen (secondary N) is 1. The van der Waals surface area contributed by atoms with Gasteiger partial charge in [0.1, 0.15) is 16.9 Å². The van der Waals surface area contributed by atoms with Crippen molar-refractivity contribution in [2.24, 2.45) is 7.05 Å². The van der Waals surface area contributed by atoms with E-state index < -0.39 is 5.25 Å². The lowest BCUT2D eigenvalue weighted by atomic mass is 10.1. The smallest absolute Gasteiger partial charge is 0.238 e. The van der Waals surface area contributed by atoms with Crippen LogP contribution in [0.3, 0.4) is 0 Å². The van der Waals surface area contributed by atoms with Crippen LogP contribution in [0.15, 0.2) is 29.4 Å². The van der Waals surface area contributed by atoms with Crippen molar-refractivity contribution >= 4 is 17.7 Å². The maximum Gasteiger partial charge on any atom is 0.238 e. The third-order valence-corrected chi connectivity index (χ3v) is 5.66. The van der Waals surface area contributed by atoms with E-state index in [0.717, 1.165) is 42.2 Å². The number of carbonyl (C=O) groups is 1. The molecule has 7 heteroatoms. The highest BCUT2D eigenvalue weighted by molar-refractivity contribution is 8.00. The van der Waals surface area contributed by atoms with Gasteiger partial charge in [-0.2, -0.15) is 0 Å². The molecular formula is C17H19FN4OS. The second-order valence-corrected chi connectivity index (χ2v) is 7.58. The monoisotopic (exact) mass is 346 g/mol. The van der Waals surface area contributed by atoms with Crippen LogP contribution in [0, 0.1) is 5.82 Å². The van der Waals surface area contributed by atoms with Gasteiger partial charge in [0.05, 0.1) is 0 Å². The fraction of sp³-hybridized carbons (Fsp3) is 0.471. The number of rotatable bonds is 6. The van der Waals surface area contributed by atoms with Crippen molar-refractivity contribution in [1.82, 2.24) is 20.1 Å². The van der Waals surface area contributed by atoms with Gasteiger partial charge in [0, 0.05) is 19.0 Å². The molecule has 24 heavy (non-hydrogen) atoms. The number of hydrogen-bond donors (Lipinski definition) is 1. The zero-order valence-corrected chi connectivity index (χ0v) is 14.2. The Bertz CT molecular complexity index is 752. The van der Waals surface area contributed by atoms with E-state index in [1.807, 2.05) is 11.6 Å². The van der Waals surface area contributed by atoms with E-state index in [1.54, 1.807) is 12.1 Å². The quantitative estimate of drug-likeness (QED) is 0.817. The minimum Gasteiger partial charge on any atom is -0.352 e. The van der Waals surface area contributed by atoms with Crippen molar-refractivity contribution in [3.8, 4) is 0 Å². The zero-order chi connectivity index (χ0) is 16.7. The summed E-state index contributed by atoms with van der Waals surface area (Å²) in [6, 6.07) is 6.39. The lowest BCUT2D eigenvalue weighted by Crippen LogP contribution is -2.30. The maximum absolute atomic E-state index is 13.2. The number of nitrogens with zero attached hydrogens (tertiary/aromatic N) is 3. The molecule has 1 atom stereocenters. The Morgan fingerprint density at radius 2 is 1.96 bits per heavy atom. The summed E-state index contributed by atoms with van der Waals surface area (Å²) in [4.78, 5) is 12.7. The second kappa shape index (κ2) is 6.20. The van der Waals surface area contributed by atoms with Crippen LogP contribution in [0.5, 0.6) is 0 Å². The molecule has 4 rings (SSSR count). The van der Waals surface area contributed by atoms with Crippen molar-refractivity contribution in [3.05, 3.63) is 41.5 Å². The van der Waals surface area contributed by atoms with Crippen molar-refractivity contribution < 1.29 is 9.18 Å². The number of benzene rings is 1. The zero-order valence-electron chi connectivity index (χ0n) is 13.4. The molecule has 2 saturated carbocycles. The second-order valence-electron chi connectivity index (χ2n) is 6.51. The normalized spacial score (nSPS) is 18.4. The maximum atomic E-state index is 13.2. The van der Waals surface area contributed by atoms with Gasteiger partial charge in [-0.05, 0) is 43.4 Å². The van der Waals surface area contributed by atoms with Gasteiger partial charge < -0.3 is 9.88 Å². The molecule has 0 saturated heterocycles. The first kappa shape index (κ1) is 15.6. The lowest BCUT2D eigenvalue weighted by molar-refractivity contribution is -0.120. The average Bonchev–Trinajstić information content (AvgIpc) is 3.48. The molecule has 2 aromatic rings. The fourth-order valence-electron chi connectivity index (χ4n) is 2.65. The first-order valence-electron chi connectivity index (χ1n) is 8.23. The van der Waals surface area contributed by atoms with E-state index in [1.165, 1.54) is 23.9 Å². The van der Waals surface area contributed by atoms with Crippen LogP contribution in [0.2, 0.25) is 0 Å². The molecule has 0 radical (unpaired) electrons. The highest BCUT2D eigenvalue weighted by Crippen LogP contribution is 2.41. The molecule has 126 valence electrons. The van der Waals surface area contributed by atoms with Crippen LogP contribution in [0.1, 0.15) is 48.2 Å². The molecule has 1 heterocycles. The Morgan fingerprint density at radius 1 is 1.25 bits per heavy atom. The Morgan fingerprint density at radius 3 is 2.58 bits per heavy atom. The Labute approximate surface area is 144 Å². The largest absolute Gasteiger partial charge is 0.352 e. The van der Waals surface area contributed by atoms with Gasteiger partial charge in [-0.15, -0.1) is 10.2 Å². The van der Waals surface area contributed by atoms with E-state index in [4.69, 9.17) is 0 Å². The number of hydrogen-bond acceptors (Lipinski definition) is 4. The number of thioether (sulfide) groups is 1. The van der Waals surface area contributed by atoms with Crippen molar-refractivity contribution in [2.75, 3.05) is 0 Å². The molecule has 1 unspecified atom stereocenters. The van der Waals surface area contributed by atoms with Gasteiger partial charge in [-0.25, -0.2) is 4.39 Å². The van der Waals surface area contributed by atoms with Gasteiger partial charge in [-0.3, -0.25) is 4.79 Å². The third kappa shape index (κ3) is 3.31. The summed E-state index contributed by atoms with van der Waals surface area (Å²) in [7, 11) is 1.94. The van der Waals surface area contributed by atoms with Crippen LogP contribution in [0.25, 0.3) is 0 Å². The Balaban J connectivity index is 1.59. The molecule has 1 amide bonds. The van der Waals surface area contributed by atoms with Gasteiger partial charge >= 0.3 is 0 Å². The topological polar surface area (TPSA) is 59.8 Å². The summed E-state index contributed by atoms with van der Waals surface area (Å²) >= 11 is 1.37. The van der Waals surface area contributed by atoms with Crippen LogP contribution in [-0.4, -0.2) is 26.7 Å². The Kier molecular flexibility index (Phi) is 4.04. The summed E-state index contributed by atoms with van der Waals surface area (Å²) in [6.07, 6.45) is 4.37. The molecule has 2 aliphatic carbocycles. The van der Waals surface area contributed by atoms with E-state index in [0.29, 0.717) is 5.92 Å². The van der Waals surface area contributed by atoms with Crippen molar-refractivity contribution in [2.45, 2.75) is 48.0 Å². The van der Waals surface area contributed by atoms with E-state index >= 15 is 0 Å². The first-order valence-corrected chi connectivity index (χ1v) is 9.11. The van der Waals surface area contributed by atoms with Crippen LogP contribution in [0.4, 0.5) is 4.39 Å². The average molecular weight is 346 g/mol. The molecule has 2 aliphatic rings. The minimum absolute atomic E-state index is 0.0509. The summed E-state index contributed by atoms with van der Waals surface area (Å²) < 4.78 is 15.2. The van der Waals surface area contributed by atoms with Crippen LogP contribution >= 0.6 is 11.8 Å². The molecule has 1 N–H and O–H groups in total. The number of carbonyl (C=O) groups excluding carboxylic acids is 1. The molecule has 1 aromatic carbocycles. The van der Waals surface area contributed by atoms with E-state index in [9.17, 15) is 9.18 Å². The van der Waals surface area contributed by atoms with Gasteiger partial charge in [0.25, 0.3) is 0 Å². The molecule has 2 fully saturated rings. The number of aromatic nitrogens is 3. The summed E-state index contributed by atoms with van der Waals surface area (Å²) in [5, 5.41) is 11.8. The highest BCUT2D eigenvalue weighted by Gasteiger charge is 2.33. The molecular weight excluding hydrogens is 327 g/mol. The van der Waals surface area contributed by atoms with Gasteiger partial charge in [0.15, 0.2) is 5.16 Å². The fourth-order valence-corrected chi connectivity index (χ4v) is 3.67. The first-order chi connectivity index (χ1) is 11.6. The van der Waals surface area contributed by atoms with E-state index in [2.05, 4.69) is 15.5 Å². The summed E-state index contributed by atoms with van der Waals surface area (Å²) in [5.41, 5.74) is 0.774. The summed E-state index contributed by atoms with van der Waals surface area (Å²) in [6.45, 7) is 0. The lowest BCUT2D eigenvalue weighted by Gasteiger charge is -2.16. The van der Waals surface area contributed by atoms with Gasteiger partial charge in [0.2, 0.25) is 5.91 Å². The van der Waals surface area contributed by atoms with Crippen molar-refractivity contribution in [1.29, 1.82) is 0 Å². The molecule has 5 nitrogen and oxygen atoms in total.